The van der Waals surface area contributed by atoms with Crippen molar-refractivity contribution in [3.63, 3.8) is 0 Å². The summed E-state index contributed by atoms with van der Waals surface area (Å²) in [4.78, 5) is 43.6. The third-order valence-electron chi connectivity index (χ3n) is 2.85. The molecule has 0 heterocycles. The van der Waals surface area contributed by atoms with E-state index in [-0.39, 0.29) is 22.5 Å². The molecule has 0 aromatic heterocycles. The second kappa shape index (κ2) is 8.37. The fourth-order valence-electron chi connectivity index (χ4n) is 1.61. The van der Waals surface area contributed by atoms with Gasteiger partial charge in [-0.05, 0) is 24.3 Å². The quantitative estimate of drug-likeness (QED) is 0.417. The summed E-state index contributed by atoms with van der Waals surface area (Å²) in [6.07, 6.45) is 0. The van der Waals surface area contributed by atoms with Crippen molar-refractivity contribution >= 4 is 45.7 Å². The van der Waals surface area contributed by atoms with Gasteiger partial charge in [0.25, 0.3) is 11.4 Å². The molecule has 2 aromatic carbocycles. The summed E-state index contributed by atoms with van der Waals surface area (Å²) in [5.41, 5.74) is 0.0633. The standard InChI is InChI=1S/C14H8N2O7S2/c17-13(9-1-5-11(6-2-9)15(19)20)24-23-25-14(18)10-3-7-12(8-4-10)16(21)22/h1-8H. The number of hydrogen-bond donors (Lipinski definition) is 0. The summed E-state index contributed by atoms with van der Waals surface area (Å²) >= 11 is 0.800. The van der Waals surface area contributed by atoms with Crippen LogP contribution in [0.3, 0.4) is 0 Å². The van der Waals surface area contributed by atoms with Crippen molar-refractivity contribution in [1.29, 1.82) is 0 Å². The first-order valence-electron chi connectivity index (χ1n) is 6.47. The Balaban J connectivity index is 1.86. The Labute approximate surface area is 149 Å². The molecule has 0 amide bonds. The zero-order chi connectivity index (χ0) is 18.4. The predicted molar refractivity (Wildman–Crippen MR) is 91.1 cm³/mol. The summed E-state index contributed by atoms with van der Waals surface area (Å²) in [6.45, 7) is 0. The first kappa shape index (κ1) is 18.6. The molecule has 2 rings (SSSR count). The molecule has 0 bridgehead atoms. The van der Waals surface area contributed by atoms with Gasteiger partial charge in [-0.25, -0.2) is 3.63 Å². The molecular weight excluding hydrogens is 372 g/mol. The highest BCUT2D eigenvalue weighted by Crippen LogP contribution is 2.25. The van der Waals surface area contributed by atoms with Gasteiger partial charge in [0.05, 0.1) is 33.9 Å². The molecule has 0 N–H and O–H groups in total. The molecule has 0 atom stereocenters. The summed E-state index contributed by atoms with van der Waals surface area (Å²) in [6, 6.07) is 9.84. The third-order valence-corrected chi connectivity index (χ3v) is 4.17. The molecule has 0 fully saturated rings. The molecule has 11 heteroatoms. The highest BCUT2D eigenvalue weighted by atomic mass is 32.2. The molecule has 9 nitrogen and oxygen atoms in total. The minimum atomic E-state index is -0.587. The number of carbonyl (C=O) groups excluding carboxylic acids is 2. The maximum Gasteiger partial charge on any atom is 0.269 e. The molecule has 0 aliphatic heterocycles. The fraction of sp³-hybridized carbons (Fsp3) is 0. The van der Waals surface area contributed by atoms with E-state index in [2.05, 4.69) is 0 Å². The molecule has 0 saturated heterocycles. The number of benzene rings is 2. The van der Waals surface area contributed by atoms with Gasteiger partial charge in [-0.2, -0.15) is 0 Å². The van der Waals surface area contributed by atoms with Crippen LogP contribution in [0.15, 0.2) is 48.5 Å². The number of non-ortho nitro benzene ring substituents is 2. The van der Waals surface area contributed by atoms with Gasteiger partial charge in [0.15, 0.2) is 0 Å². The summed E-state index contributed by atoms with van der Waals surface area (Å²) in [5.74, 6) is 0. The SMILES string of the molecule is O=C(SOSC(=O)c1ccc([N+](=O)[O-])cc1)c1ccc([N+](=O)[O-])cc1. The molecule has 2 aromatic rings. The van der Waals surface area contributed by atoms with Crippen molar-refractivity contribution in [2.24, 2.45) is 0 Å². The van der Waals surface area contributed by atoms with Crippen molar-refractivity contribution in [3.05, 3.63) is 79.9 Å². The van der Waals surface area contributed by atoms with Crippen molar-refractivity contribution in [1.82, 2.24) is 0 Å². The van der Waals surface area contributed by atoms with Crippen LogP contribution in [-0.4, -0.2) is 20.1 Å². The Morgan fingerprint density at radius 2 is 1.04 bits per heavy atom. The van der Waals surface area contributed by atoms with Gasteiger partial charge in [0.1, 0.15) is 0 Å². The Morgan fingerprint density at radius 3 is 1.32 bits per heavy atom. The monoisotopic (exact) mass is 380 g/mol. The van der Waals surface area contributed by atoms with Gasteiger partial charge in [-0.15, -0.1) is 0 Å². The predicted octanol–water partition coefficient (Wildman–Crippen LogP) is 3.80. The van der Waals surface area contributed by atoms with Crippen molar-refractivity contribution in [2.45, 2.75) is 0 Å². The number of nitro benzene ring substituents is 2. The number of nitro groups is 2. The second-order valence-electron chi connectivity index (χ2n) is 4.42. The molecule has 0 aliphatic rings. The van der Waals surface area contributed by atoms with Crippen LogP contribution in [0.5, 0.6) is 0 Å². The molecule has 0 aliphatic carbocycles. The Kier molecular flexibility index (Phi) is 6.22. The lowest BCUT2D eigenvalue weighted by Gasteiger charge is -2.01. The van der Waals surface area contributed by atoms with Crippen molar-refractivity contribution < 1.29 is 23.1 Å². The van der Waals surface area contributed by atoms with Crippen LogP contribution in [0.2, 0.25) is 0 Å². The van der Waals surface area contributed by atoms with E-state index in [4.69, 9.17) is 3.63 Å². The van der Waals surface area contributed by atoms with Gasteiger partial charge in [-0.3, -0.25) is 29.8 Å². The maximum absolute atomic E-state index is 11.8. The number of nitrogens with zero attached hydrogens (tertiary/aromatic N) is 2. The van der Waals surface area contributed by atoms with Gasteiger partial charge < -0.3 is 0 Å². The first-order valence-corrected chi connectivity index (χ1v) is 7.95. The molecular formula is C14H8N2O7S2. The van der Waals surface area contributed by atoms with E-state index in [1.807, 2.05) is 0 Å². The average molecular weight is 380 g/mol. The van der Waals surface area contributed by atoms with Crippen LogP contribution in [0.1, 0.15) is 20.7 Å². The lowest BCUT2D eigenvalue weighted by Crippen LogP contribution is -1.97. The van der Waals surface area contributed by atoms with E-state index in [0.29, 0.717) is 24.1 Å². The Hall–Kier alpha value is -2.76. The number of carbonyl (C=O) groups is 2. The lowest BCUT2D eigenvalue weighted by molar-refractivity contribution is -0.385. The minimum Gasteiger partial charge on any atom is -0.279 e. The van der Waals surface area contributed by atoms with E-state index in [1.165, 1.54) is 48.5 Å². The van der Waals surface area contributed by atoms with Crippen LogP contribution in [0.25, 0.3) is 0 Å². The largest absolute Gasteiger partial charge is 0.279 e. The fourth-order valence-corrected chi connectivity index (χ4v) is 2.71. The second-order valence-corrected chi connectivity index (χ2v) is 6.04. The van der Waals surface area contributed by atoms with Gasteiger partial charge in [-0.1, -0.05) is 0 Å². The van der Waals surface area contributed by atoms with Crippen LogP contribution in [0.4, 0.5) is 11.4 Å². The van der Waals surface area contributed by atoms with Gasteiger partial charge in [0.2, 0.25) is 10.2 Å². The Morgan fingerprint density at radius 1 is 0.720 bits per heavy atom. The normalized spacial score (nSPS) is 10.2. The maximum atomic E-state index is 11.8. The summed E-state index contributed by atoms with van der Waals surface area (Å²) < 4.78 is 4.89. The van der Waals surface area contributed by atoms with E-state index in [0.717, 1.165) is 0 Å². The number of hydrogen-bond acceptors (Lipinski definition) is 9. The zero-order valence-corrected chi connectivity index (χ0v) is 13.8. The molecule has 0 radical (unpaired) electrons. The number of rotatable bonds is 6. The minimum absolute atomic E-state index is 0.148. The average Bonchev–Trinajstić information content (AvgIpc) is 2.61. The highest BCUT2D eigenvalue weighted by Gasteiger charge is 2.15. The molecule has 0 unspecified atom stereocenters. The van der Waals surface area contributed by atoms with Gasteiger partial charge >= 0.3 is 0 Å². The third kappa shape index (κ3) is 5.11. The molecule has 25 heavy (non-hydrogen) atoms. The topological polar surface area (TPSA) is 130 Å². The van der Waals surface area contributed by atoms with Crippen molar-refractivity contribution in [2.75, 3.05) is 0 Å². The summed E-state index contributed by atoms with van der Waals surface area (Å²) in [7, 11) is 0. The highest BCUT2D eigenvalue weighted by molar-refractivity contribution is 8.22. The van der Waals surface area contributed by atoms with Crippen molar-refractivity contribution in [3.8, 4) is 0 Å². The molecule has 0 spiro atoms. The Bertz CT molecular complexity index is 753. The molecule has 128 valence electrons. The van der Waals surface area contributed by atoms with E-state index >= 15 is 0 Å². The molecule has 0 saturated carbocycles. The van der Waals surface area contributed by atoms with Crippen LogP contribution < -0.4 is 0 Å². The van der Waals surface area contributed by atoms with E-state index in [9.17, 15) is 29.8 Å². The van der Waals surface area contributed by atoms with E-state index < -0.39 is 20.1 Å². The summed E-state index contributed by atoms with van der Waals surface area (Å²) in [5, 5.41) is 20.0. The van der Waals surface area contributed by atoms with E-state index in [1.54, 1.807) is 0 Å². The first-order chi connectivity index (χ1) is 11.9. The van der Waals surface area contributed by atoms with Crippen LogP contribution in [0, 0.1) is 20.2 Å². The smallest absolute Gasteiger partial charge is 0.269 e. The van der Waals surface area contributed by atoms with Crippen LogP contribution in [-0.2, 0) is 3.63 Å². The zero-order valence-electron chi connectivity index (χ0n) is 12.2. The lowest BCUT2D eigenvalue weighted by atomic mass is 10.2. The van der Waals surface area contributed by atoms with Gasteiger partial charge in [0, 0.05) is 35.4 Å². The van der Waals surface area contributed by atoms with Crippen LogP contribution >= 0.6 is 24.1 Å².